The Labute approximate surface area is 161 Å². The minimum atomic E-state index is 0.424. The quantitative estimate of drug-likeness (QED) is 0.707. The third kappa shape index (κ3) is 3.46. The van der Waals surface area contributed by atoms with Gasteiger partial charge in [0.15, 0.2) is 5.65 Å². The molecule has 1 fully saturated rings. The third-order valence-corrected chi connectivity index (χ3v) is 5.72. The highest BCUT2D eigenvalue weighted by Gasteiger charge is 2.22. The second-order valence-electron chi connectivity index (χ2n) is 6.96. The molecule has 0 saturated carbocycles. The Bertz CT molecular complexity index is 914. The van der Waals surface area contributed by atoms with Gasteiger partial charge in [0.25, 0.3) is 0 Å². The number of anilines is 1. The number of piperidine rings is 1. The van der Waals surface area contributed by atoms with Crippen LogP contribution in [0.25, 0.3) is 11.0 Å². The van der Waals surface area contributed by atoms with Gasteiger partial charge < -0.3 is 5.32 Å². The lowest BCUT2D eigenvalue weighted by Crippen LogP contribution is -2.39. The van der Waals surface area contributed by atoms with Crippen LogP contribution in [0.2, 0.25) is 0 Å². The van der Waals surface area contributed by atoms with E-state index in [1.807, 2.05) is 7.05 Å². The number of rotatable bonds is 4. The van der Waals surface area contributed by atoms with Crippen molar-refractivity contribution in [3.05, 3.63) is 46.3 Å². The normalized spacial score (nSPS) is 16.3. The molecule has 3 heterocycles. The molecule has 0 unspecified atom stereocenters. The number of nitrogens with one attached hydrogen (secondary N) is 1. The molecule has 0 amide bonds. The van der Waals surface area contributed by atoms with Gasteiger partial charge in [-0.1, -0.05) is 24.3 Å². The van der Waals surface area contributed by atoms with E-state index in [0.29, 0.717) is 6.04 Å². The number of aromatic nitrogens is 4. The molecule has 0 spiro atoms. The molecular formula is C19H23BrN6. The summed E-state index contributed by atoms with van der Waals surface area (Å²) in [4.78, 5) is 11.3. The summed E-state index contributed by atoms with van der Waals surface area (Å²) >= 11 is 3.53. The van der Waals surface area contributed by atoms with Crippen molar-refractivity contribution in [3.63, 3.8) is 0 Å². The largest absolute Gasteiger partial charge is 0.366 e. The zero-order valence-electron chi connectivity index (χ0n) is 15.1. The Morgan fingerprint density at radius 1 is 1.19 bits per heavy atom. The highest BCUT2D eigenvalue weighted by molar-refractivity contribution is 9.10. The monoisotopic (exact) mass is 414 g/mol. The number of likely N-dealkylation sites (tertiary alicyclic amines) is 1. The lowest BCUT2D eigenvalue weighted by atomic mass is 10.0. The number of nitrogens with zero attached hydrogens (tertiary/aromatic N) is 5. The lowest BCUT2D eigenvalue weighted by Gasteiger charge is -2.33. The molecule has 1 saturated heterocycles. The standard InChI is InChI=1S/C19H23BrN6/c1-13-5-3-4-6-14(13)11-26-9-7-15(8-10-26)23-18-16-17(20)24-25(2)19(16)22-12-21-18/h3-6,12,15H,7-11H2,1-2H3,(H,21,22,23). The van der Waals surface area contributed by atoms with Crippen molar-refractivity contribution in [3.8, 4) is 0 Å². The Hall–Kier alpha value is -1.99. The number of benzene rings is 1. The average Bonchev–Trinajstić information content (AvgIpc) is 2.94. The molecular weight excluding hydrogens is 392 g/mol. The number of hydrogen-bond donors (Lipinski definition) is 1. The van der Waals surface area contributed by atoms with Crippen molar-refractivity contribution >= 4 is 32.8 Å². The van der Waals surface area contributed by atoms with Crippen molar-refractivity contribution in [1.29, 1.82) is 0 Å². The molecule has 1 N–H and O–H groups in total. The van der Waals surface area contributed by atoms with Crippen LogP contribution in [0, 0.1) is 6.92 Å². The maximum atomic E-state index is 4.45. The summed E-state index contributed by atoms with van der Waals surface area (Å²) in [6, 6.07) is 9.08. The number of fused-ring (bicyclic) bond motifs is 1. The van der Waals surface area contributed by atoms with Crippen molar-refractivity contribution in [2.75, 3.05) is 18.4 Å². The van der Waals surface area contributed by atoms with Gasteiger partial charge in [-0.05, 0) is 46.8 Å². The summed E-state index contributed by atoms with van der Waals surface area (Å²) in [5.74, 6) is 0.868. The van der Waals surface area contributed by atoms with E-state index in [0.717, 1.165) is 53.9 Å². The van der Waals surface area contributed by atoms with Crippen LogP contribution in [0.1, 0.15) is 24.0 Å². The fraction of sp³-hybridized carbons (Fsp3) is 0.421. The molecule has 136 valence electrons. The van der Waals surface area contributed by atoms with Gasteiger partial charge in [0.1, 0.15) is 16.7 Å². The van der Waals surface area contributed by atoms with E-state index in [4.69, 9.17) is 0 Å². The van der Waals surface area contributed by atoms with E-state index >= 15 is 0 Å². The molecule has 2 aromatic heterocycles. The highest BCUT2D eigenvalue weighted by Crippen LogP contribution is 2.28. The fourth-order valence-corrected chi connectivity index (χ4v) is 4.21. The molecule has 0 atom stereocenters. The van der Waals surface area contributed by atoms with Crippen LogP contribution in [0.4, 0.5) is 5.82 Å². The first-order valence-corrected chi connectivity index (χ1v) is 9.77. The van der Waals surface area contributed by atoms with Gasteiger partial charge in [0.2, 0.25) is 0 Å². The zero-order chi connectivity index (χ0) is 18.1. The van der Waals surface area contributed by atoms with Crippen LogP contribution >= 0.6 is 15.9 Å². The predicted octanol–water partition coefficient (Wildman–Crippen LogP) is 3.51. The molecule has 3 aromatic rings. The van der Waals surface area contributed by atoms with Crippen molar-refractivity contribution in [2.45, 2.75) is 32.4 Å². The Morgan fingerprint density at radius 3 is 2.73 bits per heavy atom. The molecule has 1 aliphatic rings. The van der Waals surface area contributed by atoms with Gasteiger partial charge >= 0.3 is 0 Å². The maximum Gasteiger partial charge on any atom is 0.164 e. The molecule has 1 aliphatic heterocycles. The Kier molecular flexibility index (Phi) is 4.91. The summed E-state index contributed by atoms with van der Waals surface area (Å²) in [7, 11) is 1.90. The van der Waals surface area contributed by atoms with Gasteiger partial charge in [-0.3, -0.25) is 4.90 Å². The predicted molar refractivity (Wildman–Crippen MR) is 107 cm³/mol. The van der Waals surface area contributed by atoms with Crippen LogP contribution in [0.3, 0.4) is 0 Å². The molecule has 6 nitrogen and oxygen atoms in total. The minimum absolute atomic E-state index is 0.424. The van der Waals surface area contributed by atoms with E-state index < -0.39 is 0 Å². The minimum Gasteiger partial charge on any atom is -0.366 e. The van der Waals surface area contributed by atoms with Crippen LogP contribution in [-0.4, -0.2) is 43.8 Å². The van der Waals surface area contributed by atoms with E-state index in [2.05, 4.69) is 72.4 Å². The topological polar surface area (TPSA) is 58.9 Å². The first-order chi connectivity index (χ1) is 12.6. The number of hydrogen-bond acceptors (Lipinski definition) is 5. The lowest BCUT2D eigenvalue weighted by molar-refractivity contribution is 0.211. The first-order valence-electron chi connectivity index (χ1n) is 8.98. The fourth-order valence-electron chi connectivity index (χ4n) is 3.61. The van der Waals surface area contributed by atoms with Gasteiger partial charge in [-0.2, -0.15) is 5.10 Å². The Balaban J connectivity index is 1.41. The summed E-state index contributed by atoms with van der Waals surface area (Å²) in [5, 5.41) is 8.96. The van der Waals surface area contributed by atoms with Gasteiger partial charge in [-0.25, -0.2) is 14.6 Å². The summed E-state index contributed by atoms with van der Waals surface area (Å²) in [5.41, 5.74) is 3.64. The average molecular weight is 415 g/mol. The first kappa shape index (κ1) is 17.4. The second-order valence-corrected chi connectivity index (χ2v) is 7.71. The van der Waals surface area contributed by atoms with Gasteiger partial charge in [-0.15, -0.1) is 0 Å². The molecule has 4 rings (SSSR count). The highest BCUT2D eigenvalue weighted by atomic mass is 79.9. The zero-order valence-corrected chi connectivity index (χ0v) is 16.7. The maximum absolute atomic E-state index is 4.45. The van der Waals surface area contributed by atoms with Crippen LogP contribution in [-0.2, 0) is 13.6 Å². The third-order valence-electron chi connectivity index (χ3n) is 5.16. The summed E-state index contributed by atoms with van der Waals surface area (Å²) < 4.78 is 2.56. The molecule has 0 bridgehead atoms. The SMILES string of the molecule is Cc1ccccc1CN1CCC(Nc2ncnc3c2c(Br)nn3C)CC1. The molecule has 26 heavy (non-hydrogen) atoms. The van der Waals surface area contributed by atoms with E-state index in [-0.39, 0.29) is 0 Å². The van der Waals surface area contributed by atoms with Crippen molar-refractivity contribution < 1.29 is 0 Å². The van der Waals surface area contributed by atoms with Crippen LogP contribution < -0.4 is 5.32 Å². The van der Waals surface area contributed by atoms with Gasteiger partial charge in [0.05, 0.1) is 5.39 Å². The molecule has 7 heteroatoms. The van der Waals surface area contributed by atoms with E-state index in [9.17, 15) is 0 Å². The number of halogens is 1. The van der Waals surface area contributed by atoms with Crippen molar-refractivity contribution in [1.82, 2.24) is 24.6 Å². The Morgan fingerprint density at radius 2 is 1.96 bits per heavy atom. The van der Waals surface area contributed by atoms with Crippen molar-refractivity contribution in [2.24, 2.45) is 7.05 Å². The van der Waals surface area contributed by atoms with E-state index in [1.54, 1.807) is 11.0 Å². The second kappa shape index (κ2) is 7.32. The molecule has 0 radical (unpaired) electrons. The molecule has 0 aliphatic carbocycles. The number of aryl methyl sites for hydroxylation is 2. The van der Waals surface area contributed by atoms with Gasteiger partial charge in [0, 0.05) is 32.7 Å². The summed E-state index contributed by atoms with van der Waals surface area (Å²) in [6.45, 7) is 5.41. The van der Waals surface area contributed by atoms with E-state index in [1.165, 1.54) is 11.1 Å². The van der Waals surface area contributed by atoms with Crippen LogP contribution in [0.5, 0.6) is 0 Å². The smallest absolute Gasteiger partial charge is 0.164 e. The molecule has 1 aromatic carbocycles. The summed E-state index contributed by atoms with van der Waals surface area (Å²) in [6.07, 6.45) is 3.82. The van der Waals surface area contributed by atoms with Crippen LogP contribution in [0.15, 0.2) is 35.2 Å².